The molecule has 0 spiro atoms. The smallest absolute Gasteiger partial charge is 0.416 e. The van der Waals surface area contributed by atoms with Crippen molar-refractivity contribution in [1.29, 1.82) is 0 Å². The molecule has 6 nitrogen and oxygen atoms in total. The Kier molecular flexibility index (Phi) is 8.19. The highest BCUT2D eigenvalue weighted by Gasteiger charge is 2.30. The van der Waals surface area contributed by atoms with Crippen molar-refractivity contribution < 1.29 is 22.7 Å². The van der Waals surface area contributed by atoms with Crippen molar-refractivity contribution in [3.05, 3.63) is 35.4 Å². The number of nitrogens with one attached hydrogen (secondary N) is 2. The molecule has 0 aliphatic carbocycles. The Labute approximate surface area is 168 Å². The number of rotatable bonds is 3. The van der Waals surface area contributed by atoms with E-state index in [9.17, 15) is 18.0 Å². The van der Waals surface area contributed by atoms with E-state index in [1.165, 1.54) is 12.1 Å². The van der Waals surface area contributed by atoms with Crippen LogP contribution in [0.15, 0.2) is 29.3 Å². The molecule has 1 amide bonds. The number of halogens is 3. The fourth-order valence-electron chi connectivity index (χ4n) is 2.86. The minimum Gasteiger partial charge on any atom is -0.450 e. The first-order chi connectivity index (χ1) is 13.8. The normalized spacial score (nSPS) is 15.3. The van der Waals surface area contributed by atoms with Crippen molar-refractivity contribution >= 4 is 12.1 Å². The molecule has 2 N–H and O–H groups in total. The summed E-state index contributed by atoms with van der Waals surface area (Å²) in [6.07, 6.45) is -3.16. The number of likely N-dealkylation sites (tertiary alicyclic amines) is 1. The summed E-state index contributed by atoms with van der Waals surface area (Å²) in [7, 11) is 1.63. The molecule has 29 heavy (non-hydrogen) atoms. The number of benzene rings is 1. The van der Waals surface area contributed by atoms with Crippen molar-refractivity contribution in [1.82, 2.24) is 15.5 Å². The van der Waals surface area contributed by atoms with E-state index in [-0.39, 0.29) is 18.7 Å². The molecule has 1 saturated heterocycles. The van der Waals surface area contributed by atoms with Crippen LogP contribution in [0, 0.1) is 11.8 Å². The molecule has 2 rings (SSSR count). The molecular formula is C20H25F3N4O2. The van der Waals surface area contributed by atoms with E-state index in [1.807, 2.05) is 0 Å². The van der Waals surface area contributed by atoms with Crippen LogP contribution >= 0.6 is 0 Å². The molecule has 0 bridgehead atoms. The second-order valence-corrected chi connectivity index (χ2v) is 6.41. The molecule has 158 valence electrons. The summed E-state index contributed by atoms with van der Waals surface area (Å²) in [5.41, 5.74) is -0.417. The highest BCUT2D eigenvalue weighted by Crippen LogP contribution is 2.29. The third-order valence-corrected chi connectivity index (χ3v) is 4.35. The second kappa shape index (κ2) is 10.6. The summed E-state index contributed by atoms with van der Waals surface area (Å²) in [5.74, 6) is 6.07. The molecule has 0 radical (unpaired) electrons. The number of aliphatic imine (C=N–C) groups is 1. The Morgan fingerprint density at radius 2 is 2.07 bits per heavy atom. The SMILES string of the molecule is CCOC(=O)N1CCC(NC(=NC)NCC#Cc2cccc(C(F)(F)F)c2)CC1. The highest BCUT2D eigenvalue weighted by molar-refractivity contribution is 5.80. The van der Waals surface area contributed by atoms with Crippen LogP contribution in [0.25, 0.3) is 0 Å². The number of alkyl halides is 3. The van der Waals surface area contributed by atoms with Crippen molar-refractivity contribution in [2.45, 2.75) is 32.0 Å². The van der Waals surface area contributed by atoms with Gasteiger partial charge in [-0.25, -0.2) is 4.79 Å². The predicted molar refractivity (Wildman–Crippen MR) is 104 cm³/mol. The van der Waals surface area contributed by atoms with Crippen LogP contribution in [0.2, 0.25) is 0 Å². The van der Waals surface area contributed by atoms with Gasteiger partial charge in [-0.3, -0.25) is 4.99 Å². The Morgan fingerprint density at radius 1 is 1.34 bits per heavy atom. The topological polar surface area (TPSA) is 66.0 Å². The van der Waals surface area contributed by atoms with Crippen molar-refractivity contribution in [2.75, 3.05) is 33.3 Å². The first kappa shape index (κ1) is 22.4. The van der Waals surface area contributed by atoms with Crippen LogP contribution in [-0.4, -0.2) is 56.3 Å². The summed E-state index contributed by atoms with van der Waals surface area (Å²) in [6.45, 7) is 3.57. The lowest BCUT2D eigenvalue weighted by atomic mass is 10.1. The number of hydrogen-bond donors (Lipinski definition) is 2. The Hall–Kier alpha value is -2.89. The third kappa shape index (κ3) is 7.22. The number of hydrogen-bond acceptors (Lipinski definition) is 3. The van der Waals surface area contributed by atoms with E-state index in [1.54, 1.807) is 18.9 Å². The van der Waals surface area contributed by atoms with Crippen molar-refractivity contribution in [2.24, 2.45) is 4.99 Å². The first-order valence-corrected chi connectivity index (χ1v) is 9.38. The van der Waals surface area contributed by atoms with Gasteiger partial charge in [-0.05, 0) is 38.0 Å². The van der Waals surface area contributed by atoms with Gasteiger partial charge in [0.1, 0.15) is 0 Å². The zero-order chi connectivity index (χ0) is 21.3. The summed E-state index contributed by atoms with van der Waals surface area (Å²) >= 11 is 0. The minimum absolute atomic E-state index is 0.156. The lowest BCUT2D eigenvalue weighted by Gasteiger charge is -2.32. The fraction of sp³-hybridized carbons (Fsp3) is 0.500. The largest absolute Gasteiger partial charge is 0.450 e. The number of ether oxygens (including phenoxy) is 1. The average Bonchev–Trinajstić information content (AvgIpc) is 2.70. The summed E-state index contributed by atoms with van der Waals surface area (Å²) in [4.78, 5) is 17.5. The van der Waals surface area contributed by atoms with E-state index in [0.717, 1.165) is 25.0 Å². The first-order valence-electron chi connectivity index (χ1n) is 9.38. The van der Waals surface area contributed by atoms with Gasteiger partial charge < -0.3 is 20.3 Å². The molecule has 1 aromatic rings. The van der Waals surface area contributed by atoms with E-state index in [2.05, 4.69) is 27.5 Å². The van der Waals surface area contributed by atoms with Crippen LogP contribution in [-0.2, 0) is 10.9 Å². The quantitative estimate of drug-likeness (QED) is 0.457. The summed E-state index contributed by atoms with van der Waals surface area (Å²) in [6, 6.07) is 5.07. The summed E-state index contributed by atoms with van der Waals surface area (Å²) in [5, 5.41) is 6.29. The Balaban J connectivity index is 1.80. The highest BCUT2D eigenvalue weighted by atomic mass is 19.4. The molecular weight excluding hydrogens is 385 g/mol. The standard InChI is InChI=1S/C20H25F3N4O2/c1-3-29-19(28)27-12-9-17(10-13-27)26-18(24-2)25-11-5-7-15-6-4-8-16(14-15)20(21,22)23/h4,6,8,14,17H,3,9-13H2,1-2H3,(H2,24,25,26). The zero-order valence-corrected chi connectivity index (χ0v) is 16.5. The molecule has 0 atom stereocenters. The molecule has 0 saturated carbocycles. The van der Waals surface area contributed by atoms with Crippen LogP contribution in [0.4, 0.5) is 18.0 Å². The second-order valence-electron chi connectivity index (χ2n) is 6.41. The van der Waals surface area contributed by atoms with Crippen LogP contribution < -0.4 is 10.6 Å². The van der Waals surface area contributed by atoms with Gasteiger partial charge in [-0.1, -0.05) is 17.9 Å². The molecule has 0 unspecified atom stereocenters. The number of piperidine rings is 1. The maximum Gasteiger partial charge on any atom is 0.416 e. The minimum atomic E-state index is -4.38. The molecule has 0 aromatic heterocycles. The maximum atomic E-state index is 12.7. The van der Waals surface area contributed by atoms with Crippen molar-refractivity contribution in [3.63, 3.8) is 0 Å². The van der Waals surface area contributed by atoms with Gasteiger partial charge in [0.15, 0.2) is 5.96 Å². The van der Waals surface area contributed by atoms with Gasteiger partial charge in [0.05, 0.1) is 18.7 Å². The average molecular weight is 410 g/mol. The lowest BCUT2D eigenvalue weighted by molar-refractivity contribution is -0.137. The van der Waals surface area contributed by atoms with E-state index < -0.39 is 11.7 Å². The van der Waals surface area contributed by atoms with Gasteiger partial charge >= 0.3 is 12.3 Å². The third-order valence-electron chi connectivity index (χ3n) is 4.35. The van der Waals surface area contributed by atoms with Gasteiger partial charge in [0.25, 0.3) is 0 Å². The number of carbonyl (C=O) groups is 1. The predicted octanol–water partition coefficient (Wildman–Crippen LogP) is 2.84. The van der Waals surface area contributed by atoms with Gasteiger partial charge in [0, 0.05) is 31.7 Å². The molecule has 1 fully saturated rings. The van der Waals surface area contributed by atoms with Crippen LogP contribution in [0.5, 0.6) is 0 Å². The Bertz CT molecular complexity index is 776. The lowest BCUT2D eigenvalue weighted by Crippen LogP contribution is -2.49. The number of guanidine groups is 1. The van der Waals surface area contributed by atoms with Crippen LogP contribution in [0.3, 0.4) is 0 Å². The monoisotopic (exact) mass is 410 g/mol. The molecule has 1 heterocycles. The van der Waals surface area contributed by atoms with E-state index in [4.69, 9.17) is 4.74 Å². The Morgan fingerprint density at radius 3 is 2.69 bits per heavy atom. The van der Waals surface area contributed by atoms with E-state index >= 15 is 0 Å². The van der Waals surface area contributed by atoms with Crippen molar-refractivity contribution in [3.8, 4) is 11.8 Å². The van der Waals surface area contributed by atoms with Gasteiger partial charge in [-0.2, -0.15) is 13.2 Å². The molecule has 1 aliphatic heterocycles. The molecule has 1 aliphatic rings. The van der Waals surface area contributed by atoms with Gasteiger partial charge in [0.2, 0.25) is 0 Å². The van der Waals surface area contributed by atoms with Crippen LogP contribution in [0.1, 0.15) is 30.9 Å². The molecule has 9 heteroatoms. The zero-order valence-electron chi connectivity index (χ0n) is 16.5. The van der Waals surface area contributed by atoms with E-state index in [0.29, 0.717) is 31.2 Å². The number of amides is 1. The number of nitrogens with zero attached hydrogens (tertiary/aromatic N) is 2. The van der Waals surface area contributed by atoms with Gasteiger partial charge in [-0.15, -0.1) is 0 Å². The summed E-state index contributed by atoms with van der Waals surface area (Å²) < 4.78 is 43.2. The molecule has 1 aromatic carbocycles. The number of carbonyl (C=O) groups excluding carboxylic acids is 1. The maximum absolute atomic E-state index is 12.7. The fourth-order valence-corrected chi connectivity index (χ4v) is 2.86.